The van der Waals surface area contributed by atoms with Crippen LogP contribution in [-0.4, -0.2) is 50.6 Å². The Balaban J connectivity index is 1.71. The van der Waals surface area contributed by atoms with E-state index < -0.39 is 18.3 Å². The summed E-state index contributed by atoms with van der Waals surface area (Å²) < 4.78 is 23.0. The average Bonchev–Trinajstić information content (AvgIpc) is 3.13. The third kappa shape index (κ3) is 3.90. The highest BCUT2D eigenvalue weighted by atomic mass is 16.7. The Hall–Kier alpha value is -1.57. The standard InChI is InChI=1S/C19H28BNO5/c1-18(2)19(3,4)26-20(25-18)14-7-6-13(16(11-14)23-5)10-17(22)21-15-8-9-24-12-15/h6-7,11,15H,8-10,12H2,1-5H3,(H,21,22). The molecule has 6 nitrogen and oxygen atoms in total. The molecule has 2 aliphatic rings. The summed E-state index contributed by atoms with van der Waals surface area (Å²) in [6, 6.07) is 5.84. The number of methoxy groups -OCH3 is 1. The van der Waals surface area contributed by atoms with Crippen LogP contribution in [0.4, 0.5) is 0 Å². The predicted molar refractivity (Wildman–Crippen MR) is 99.8 cm³/mol. The lowest BCUT2D eigenvalue weighted by Gasteiger charge is -2.32. The topological polar surface area (TPSA) is 66.0 Å². The fourth-order valence-electron chi connectivity index (χ4n) is 3.13. The van der Waals surface area contributed by atoms with Crippen LogP contribution in [0.5, 0.6) is 5.75 Å². The normalized spacial score (nSPS) is 23.9. The van der Waals surface area contributed by atoms with Crippen LogP contribution in [0, 0.1) is 0 Å². The van der Waals surface area contributed by atoms with E-state index in [0.29, 0.717) is 19.0 Å². The van der Waals surface area contributed by atoms with Crippen LogP contribution in [0.25, 0.3) is 0 Å². The Kier molecular flexibility index (Phi) is 5.33. The third-order valence-electron chi connectivity index (χ3n) is 5.48. The molecule has 0 spiro atoms. The zero-order valence-corrected chi connectivity index (χ0v) is 16.3. The molecule has 0 bridgehead atoms. The summed E-state index contributed by atoms with van der Waals surface area (Å²) in [5.74, 6) is 0.636. The molecule has 0 radical (unpaired) electrons. The molecule has 0 aromatic heterocycles. The van der Waals surface area contributed by atoms with Gasteiger partial charge in [0.25, 0.3) is 0 Å². The van der Waals surface area contributed by atoms with Crippen LogP contribution in [0.1, 0.15) is 39.7 Å². The number of carbonyl (C=O) groups excluding carboxylic acids is 1. The van der Waals surface area contributed by atoms with Crippen molar-refractivity contribution in [2.75, 3.05) is 20.3 Å². The minimum atomic E-state index is -0.451. The molecule has 1 N–H and O–H groups in total. The van der Waals surface area contributed by atoms with Crippen LogP contribution in [0.3, 0.4) is 0 Å². The number of amides is 1. The molecular weight excluding hydrogens is 333 g/mol. The predicted octanol–water partition coefficient (Wildman–Crippen LogP) is 1.44. The maximum atomic E-state index is 12.3. The highest BCUT2D eigenvalue weighted by molar-refractivity contribution is 6.62. The summed E-state index contributed by atoms with van der Waals surface area (Å²) in [5, 5.41) is 3.00. The Labute approximate surface area is 155 Å². The lowest BCUT2D eigenvalue weighted by atomic mass is 9.78. The van der Waals surface area contributed by atoms with Crippen molar-refractivity contribution in [3.05, 3.63) is 23.8 Å². The van der Waals surface area contributed by atoms with Gasteiger partial charge in [-0.25, -0.2) is 0 Å². The minimum absolute atomic E-state index is 0.0258. The van der Waals surface area contributed by atoms with E-state index in [-0.39, 0.29) is 18.4 Å². The van der Waals surface area contributed by atoms with Gasteiger partial charge in [-0.05, 0) is 45.6 Å². The fraction of sp³-hybridized carbons (Fsp3) is 0.632. The Bertz CT molecular complexity index is 654. The number of ether oxygens (including phenoxy) is 2. The maximum Gasteiger partial charge on any atom is 0.494 e. The van der Waals surface area contributed by atoms with Gasteiger partial charge in [0.1, 0.15) is 5.75 Å². The largest absolute Gasteiger partial charge is 0.496 e. The second kappa shape index (κ2) is 7.21. The average molecular weight is 361 g/mol. The first kappa shape index (κ1) is 19.2. The monoisotopic (exact) mass is 361 g/mol. The molecule has 1 amide bonds. The highest BCUT2D eigenvalue weighted by Gasteiger charge is 2.51. The van der Waals surface area contributed by atoms with E-state index in [9.17, 15) is 4.79 Å². The van der Waals surface area contributed by atoms with Crippen molar-refractivity contribution in [1.82, 2.24) is 5.32 Å². The summed E-state index contributed by atoms with van der Waals surface area (Å²) in [6.45, 7) is 9.39. The molecule has 2 aliphatic heterocycles. The van der Waals surface area contributed by atoms with Crippen molar-refractivity contribution >= 4 is 18.5 Å². The lowest BCUT2D eigenvalue weighted by molar-refractivity contribution is -0.121. The van der Waals surface area contributed by atoms with Gasteiger partial charge in [-0.3, -0.25) is 4.79 Å². The third-order valence-corrected chi connectivity index (χ3v) is 5.48. The van der Waals surface area contributed by atoms with E-state index in [2.05, 4.69) is 5.32 Å². The van der Waals surface area contributed by atoms with Crippen molar-refractivity contribution in [2.24, 2.45) is 0 Å². The molecule has 1 aromatic rings. The Morgan fingerprint density at radius 2 is 1.96 bits per heavy atom. The Morgan fingerprint density at radius 3 is 2.54 bits per heavy atom. The van der Waals surface area contributed by atoms with Gasteiger partial charge < -0.3 is 24.1 Å². The van der Waals surface area contributed by atoms with Gasteiger partial charge in [-0.15, -0.1) is 0 Å². The van der Waals surface area contributed by atoms with Crippen LogP contribution >= 0.6 is 0 Å². The molecular formula is C19H28BNO5. The van der Waals surface area contributed by atoms with E-state index in [4.69, 9.17) is 18.8 Å². The highest BCUT2D eigenvalue weighted by Crippen LogP contribution is 2.36. The quantitative estimate of drug-likeness (QED) is 0.804. The molecule has 7 heteroatoms. The summed E-state index contributed by atoms with van der Waals surface area (Å²) >= 11 is 0. The van der Waals surface area contributed by atoms with E-state index in [1.54, 1.807) is 7.11 Å². The van der Waals surface area contributed by atoms with Gasteiger partial charge in [0.2, 0.25) is 5.91 Å². The first-order valence-corrected chi connectivity index (χ1v) is 9.11. The second-order valence-corrected chi connectivity index (χ2v) is 7.96. The molecule has 2 saturated heterocycles. The first-order valence-electron chi connectivity index (χ1n) is 9.11. The maximum absolute atomic E-state index is 12.3. The van der Waals surface area contributed by atoms with E-state index in [0.717, 1.165) is 17.4 Å². The van der Waals surface area contributed by atoms with E-state index in [1.807, 2.05) is 45.9 Å². The molecule has 0 aliphatic carbocycles. The van der Waals surface area contributed by atoms with Crippen molar-refractivity contribution in [2.45, 2.75) is 57.8 Å². The zero-order chi connectivity index (χ0) is 18.9. The molecule has 1 atom stereocenters. The van der Waals surface area contributed by atoms with E-state index >= 15 is 0 Å². The molecule has 1 aromatic carbocycles. The number of rotatable bonds is 5. The van der Waals surface area contributed by atoms with Crippen molar-refractivity contribution in [3.63, 3.8) is 0 Å². The van der Waals surface area contributed by atoms with Crippen LogP contribution < -0.4 is 15.5 Å². The molecule has 26 heavy (non-hydrogen) atoms. The summed E-state index contributed by atoms with van der Waals surface area (Å²) in [5.41, 5.74) is 0.928. The molecule has 2 fully saturated rings. The van der Waals surface area contributed by atoms with Crippen molar-refractivity contribution < 1.29 is 23.6 Å². The molecule has 0 saturated carbocycles. The van der Waals surface area contributed by atoms with E-state index in [1.165, 1.54) is 0 Å². The summed E-state index contributed by atoms with van der Waals surface area (Å²) in [6.07, 6.45) is 1.13. The minimum Gasteiger partial charge on any atom is -0.496 e. The molecule has 3 rings (SSSR count). The molecule has 2 heterocycles. The van der Waals surface area contributed by atoms with Crippen LogP contribution in [0.2, 0.25) is 0 Å². The number of benzene rings is 1. The number of hydrogen-bond acceptors (Lipinski definition) is 5. The van der Waals surface area contributed by atoms with Crippen LogP contribution in [-0.2, 0) is 25.3 Å². The van der Waals surface area contributed by atoms with Crippen molar-refractivity contribution in [3.8, 4) is 5.75 Å². The first-order chi connectivity index (χ1) is 12.2. The second-order valence-electron chi connectivity index (χ2n) is 7.96. The zero-order valence-electron chi connectivity index (χ0n) is 16.3. The molecule has 1 unspecified atom stereocenters. The van der Waals surface area contributed by atoms with Gasteiger partial charge >= 0.3 is 7.12 Å². The van der Waals surface area contributed by atoms with Gasteiger partial charge in [-0.2, -0.15) is 0 Å². The van der Waals surface area contributed by atoms with Gasteiger partial charge in [0, 0.05) is 12.2 Å². The van der Waals surface area contributed by atoms with Crippen molar-refractivity contribution in [1.29, 1.82) is 0 Å². The number of carbonyl (C=O) groups is 1. The SMILES string of the molecule is COc1cc(B2OC(C)(C)C(C)(C)O2)ccc1CC(=O)NC1CCOC1. The Morgan fingerprint density at radius 1 is 1.27 bits per heavy atom. The lowest BCUT2D eigenvalue weighted by Crippen LogP contribution is -2.41. The smallest absolute Gasteiger partial charge is 0.494 e. The fourth-order valence-corrected chi connectivity index (χ4v) is 3.13. The summed E-state index contributed by atoms with van der Waals surface area (Å²) in [7, 11) is 1.16. The number of hydrogen-bond donors (Lipinski definition) is 1. The summed E-state index contributed by atoms with van der Waals surface area (Å²) in [4.78, 5) is 12.3. The van der Waals surface area contributed by atoms with Crippen LogP contribution in [0.15, 0.2) is 18.2 Å². The molecule has 142 valence electrons. The van der Waals surface area contributed by atoms with Gasteiger partial charge in [0.15, 0.2) is 0 Å². The van der Waals surface area contributed by atoms with Gasteiger partial charge in [-0.1, -0.05) is 12.1 Å². The number of nitrogens with one attached hydrogen (secondary N) is 1. The van der Waals surface area contributed by atoms with Gasteiger partial charge in [0.05, 0.1) is 37.4 Å².